The third kappa shape index (κ3) is 4.24. The van der Waals surface area contributed by atoms with Gasteiger partial charge in [0, 0.05) is 12.1 Å². The Morgan fingerprint density at radius 1 is 1.23 bits per heavy atom. The second kappa shape index (κ2) is 8.52. The number of aliphatic imine (C=N–C) groups is 1. The highest BCUT2D eigenvalue weighted by Crippen LogP contribution is 2.41. The van der Waals surface area contributed by atoms with E-state index >= 15 is 0 Å². The van der Waals surface area contributed by atoms with E-state index in [2.05, 4.69) is 4.99 Å². The van der Waals surface area contributed by atoms with Crippen LogP contribution in [0.15, 0.2) is 63.7 Å². The van der Waals surface area contributed by atoms with E-state index in [1.165, 1.54) is 25.3 Å². The normalized spacial score (nSPS) is 17.8. The van der Waals surface area contributed by atoms with E-state index in [-0.39, 0.29) is 27.8 Å². The van der Waals surface area contributed by atoms with E-state index in [0.717, 1.165) is 17.3 Å². The molecule has 0 unspecified atom stereocenters. The first-order valence-electron chi connectivity index (χ1n) is 9.11. The van der Waals surface area contributed by atoms with Crippen molar-refractivity contribution in [3.8, 4) is 11.5 Å². The number of nitro groups is 1. The summed E-state index contributed by atoms with van der Waals surface area (Å²) in [7, 11) is 1.20. The molecule has 0 saturated heterocycles. The maximum Gasteiger partial charge on any atom is 0.344 e. The maximum atomic E-state index is 12.3. The van der Waals surface area contributed by atoms with Gasteiger partial charge in [-0.1, -0.05) is 23.9 Å². The average molecular weight is 440 g/mol. The summed E-state index contributed by atoms with van der Waals surface area (Å²) < 4.78 is 15.9. The number of rotatable bonds is 4. The molecule has 9 nitrogen and oxygen atoms in total. The molecule has 2 aromatic rings. The first-order valence-corrected chi connectivity index (χ1v) is 9.92. The van der Waals surface area contributed by atoms with Crippen molar-refractivity contribution in [1.82, 2.24) is 0 Å². The number of benzene rings is 2. The monoisotopic (exact) mass is 440 g/mol. The van der Waals surface area contributed by atoms with E-state index in [1.54, 1.807) is 30.3 Å². The van der Waals surface area contributed by atoms with Crippen LogP contribution in [-0.4, -0.2) is 41.4 Å². The smallest absolute Gasteiger partial charge is 0.344 e. The van der Waals surface area contributed by atoms with Gasteiger partial charge in [0.1, 0.15) is 29.6 Å². The Labute approximate surface area is 180 Å². The molecule has 0 bridgehead atoms. The van der Waals surface area contributed by atoms with Gasteiger partial charge in [0.2, 0.25) is 0 Å². The number of nitro benzene ring substituents is 1. The van der Waals surface area contributed by atoms with Crippen molar-refractivity contribution < 1.29 is 29.0 Å². The predicted molar refractivity (Wildman–Crippen MR) is 115 cm³/mol. The second-order valence-corrected chi connectivity index (χ2v) is 7.45. The lowest BCUT2D eigenvalue weighted by molar-refractivity contribution is -0.384. The fourth-order valence-corrected chi connectivity index (χ4v) is 4.02. The molecule has 0 aromatic heterocycles. The summed E-state index contributed by atoms with van der Waals surface area (Å²) in [6.07, 6.45) is 1.68. The molecule has 0 radical (unpaired) electrons. The number of nitrogens with zero attached hydrogens (tertiary/aromatic N) is 2. The number of hydrogen-bond acceptors (Lipinski definition) is 9. The van der Waals surface area contributed by atoms with Gasteiger partial charge in [-0.3, -0.25) is 10.1 Å². The highest BCUT2D eigenvalue weighted by molar-refractivity contribution is 8.18. The number of non-ortho nitro benzene ring substituents is 1. The van der Waals surface area contributed by atoms with E-state index in [0.29, 0.717) is 29.6 Å². The van der Waals surface area contributed by atoms with Crippen LogP contribution in [0.3, 0.4) is 0 Å². The zero-order valence-electron chi connectivity index (χ0n) is 16.2. The lowest BCUT2D eigenvalue weighted by Crippen LogP contribution is -2.15. The summed E-state index contributed by atoms with van der Waals surface area (Å²) in [5, 5.41) is 21.9. The van der Waals surface area contributed by atoms with Crippen molar-refractivity contribution >= 4 is 40.2 Å². The number of carbonyl (C=O) groups is 1. The average Bonchev–Trinajstić information content (AvgIpc) is 3.07. The fourth-order valence-electron chi connectivity index (χ4n) is 2.99. The molecule has 0 aliphatic carbocycles. The van der Waals surface area contributed by atoms with Crippen LogP contribution < -0.4 is 9.47 Å². The topological polar surface area (TPSA) is 120 Å². The molecule has 1 N–H and O–H groups in total. The first-order chi connectivity index (χ1) is 15.0. The molecule has 2 aliphatic heterocycles. The van der Waals surface area contributed by atoms with Gasteiger partial charge in [-0.25, -0.2) is 9.79 Å². The number of hydrogen-bond donors (Lipinski definition) is 1. The quantitative estimate of drug-likeness (QED) is 0.427. The number of aliphatic hydroxyl groups excluding tert-OH is 1. The Morgan fingerprint density at radius 3 is 2.74 bits per heavy atom. The number of methoxy groups -OCH3 is 1. The minimum absolute atomic E-state index is 0.109. The van der Waals surface area contributed by atoms with Crippen molar-refractivity contribution in [2.24, 2.45) is 4.99 Å². The van der Waals surface area contributed by atoms with Gasteiger partial charge in [0.15, 0.2) is 11.5 Å². The summed E-state index contributed by atoms with van der Waals surface area (Å²) >= 11 is 1.06. The van der Waals surface area contributed by atoms with Crippen molar-refractivity contribution in [2.45, 2.75) is 0 Å². The largest absolute Gasteiger partial charge is 0.506 e. The molecule has 0 fully saturated rings. The van der Waals surface area contributed by atoms with E-state index < -0.39 is 10.9 Å². The van der Waals surface area contributed by atoms with Gasteiger partial charge in [0.05, 0.1) is 22.6 Å². The molecule has 0 saturated carbocycles. The van der Waals surface area contributed by atoms with Gasteiger partial charge in [-0.2, -0.15) is 0 Å². The Kier molecular flexibility index (Phi) is 5.63. The summed E-state index contributed by atoms with van der Waals surface area (Å²) in [6, 6.07) is 11.0. The fraction of sp³-hybridized carbons (Fsp3) is 0.143. The summed E-state index contributed by atoms with van der Waals surface area (Å²) in [5.74, 6) is 0.178. The molecule has 10 heteroatoms. The van der Waals surface area contributed by atoms with Gasteiger partial charge < -0.3 is 19.3 Å². The molecule has 4 rings (SSSR count). The molecular weight excluding hydrogens is 424 g/mol. The van der Waals surface area contributed by atoms with Crippen molar-refractivity contribution in [3.63, 3.8) is 0 Å². The Hall–Kier alpha value is -3.79. The zero-order valence-corrected chi connectivity index (χ0v) is 17.0. The highest BCUT2D eigenvalue weighted by atomic mass is 32.2. The number of thioether (sulfide) groups is 1. The SMILES string of the molecule is COC(=O)C1=C(O)/C(=C\c2ccc3c(c2)OCCO3)SC1=Nc1cccc([N+](=O)[O-])c1. The number of carbonyl (C=O) groups excluding carboxylic acids is 1. The van der Waals surface area contributed by atoms with Gasteiger partial charge in [0.25, 0.3) is 5.69 Å². The van der Waals surface area contributed by atoms with Crippen LogP contribution >= 0.6 is 11.8 Å². The molecule has 158 valence electrons. The van der Waals surface area contributed by atoms with Crippen LogP contribution in [0.25, 0.3) is 6.08 Å². The lowest BCUT2D eigenvalue weighted by Gasteiger charge is -2.18. The molecule has 31 heavy (non-hydrogen) atoms. The molecule has 2 aromatic carbocycles. The van der Waals surface area contributed by atoms with Crippen LogP contribution in [0.1, 0.15) is 5.56 Å². The number of esters is 1. The third-order valence-electron chi connectivity index (χ3n) is 4.42. The van der Waals surface area contributed by atoms with Crippen LogP contribution in [0, 0.1) is 10.1 Å². The highest BCUT2D eigenvalue weighted by Gasteiger charge is 2.33. The Morgan fingerprint density at radius 2 is 2.00 bits per heavy atom. The van der Waals surface area contributed by atoms with Gasteiger partial charge >= 0.3 is 5.97 Å². The standard InChI is InChI=1S/C21H16N2O7S/c1-28-21(25)18-19(24)17(10-12-5-6-15-16(9-12)30-8-7-29-15)31-20(18)22-13-3-2-4-14(11-13)23(26)27/h2-6,9-11,24H,7-8H2,1H3/b17-10+,22-20?. The Balaban J connectivity index is 1.72. The summed E-state index contributed by atoms with van der Waals surface area (Å²) in [5.41, 5.74) is 0.748. The van der Waals surface area contributed by atoms with Crippen molar-refractivity contribution in [1.29, 1.82) is 0 Å². The molecular formula is C21H16N2O7S. The molecule has 0 amide bonds. The van der Waals surface area contributed by atoms with Gasteiger partial charge in [-0.05, 0) is 29.8 Å². The number of ether oxygens (including phenoxy) is 3. The van der Waals surface area contributed by atoms with Crippen molar-refractivity contribution in [3.05, 3.63) is 74.4 Å². The third-order valence-corrected chi connectivity index (χ3v) is 5.44. The van der Waals surface area contributed by atoms with Crippen LogP contribution in [-0.2, 0) is 9.53 Å². The van der Waals surface area contributed by atoms with Crippen LogP contribution in [0.2, 0.25) is 0 Å². The van der Waals surface area contributed by atoms with Crippen LogP contribution in [0.4, 0.5) is 11.4 Å². The molecule has 0 atom stereocenters. The lowest BCUT2D eigenvalue weighted by atomic mass is 10.1. The summed E-state index contributed by atoms with van der Waals surface area (Å²) in [6.45, 7) is 0.923. The van der Waals surface area contributed by atoms with Gasteiger partial charge in [-0.15, -0.1) is 0 Å². The molecule has 0 spiro atoms. The molecule has 2 heterocycles. The van der Waals surface area contributed by atoms with E-state index in [1.807, 2.05) is 0 Å². The molecule has 2 aliphatic rings. The van der Waals surface area contributed by atoms with Crippen LogP contribution in [0.5, 0.6) is 11.5 Å². The Bertz CT molecular complexity index is 1170. The minimum Gasteiger partial charge on any atom is -0.506 e. The van der Waals surface area contributed by atoms with Crippen molar-refractivity contribution in [2.75, 3.05) is 20.3 Å². The minimum atomic E-state index is -0.764. The zero-order chi connectivity index (χ0) is 22.0. The van der Waals surface area contributed by atoms with E-state index in [4.69, 9.17) is 14.2 Å². The summed E-state index contributed by atoms with van der Waals surface area (Å²) in [4.78, 5) is 27.5. The first kappa shape index (κ1) is 20.5. The second-order valence-electron chi connectivity index (χ2n) is 6.42. The predicted octanol–water partition coefficient (Wildman–Crippen LogP) is 4.17. The number of aliphatic hydroxyl groups is 1. The maximum absolute atomic E-state index is 12.3. The number of fused-ring (bicyclic) bond motifs is 1. The van der Waals surface area contributed by atoms with E-state index in [9.17, 15) is 20.0 Å².